The van der Waals surface area contributed by atoms with Crippen LogP contribution in [0.4, 0.5) is 0 Å². The van der Waals surface area contributed by atoms with Crippen molar-refractivity contribution >= 4 is 15.9 Å². The third-order valence-corrected chi connectivity index (χ3v) is 6.21. The van der Waals surface area contributed by atoms with E-state index in [4.69, 9.17) is 0 Å². The van der Waals surface area contributed by atoms with E-state index in [0.717, 1.165) is 30.6 Å². The number of nitrogens with one attached hydrogen (secondary N) is 1. The zero-order chi connectivity index (χ0) is 17.2. The van der Waals surface area contributed by atoms with Crippen LogP contribution < -0.4 is 5.32 Å². The van der Waals surface area contributed by atoms with Crippen LogP contribution in [0.5, 0.6) is 0 Å². The maximum atomic E-state index is 13.0. The van der Waals surface area contributed by atoms with Crippen molar-refractivity contribution in [1.29, 1.82) is 0 Å². The molecule has 1 N–H and O–H groups in total. The average molecular weight is 351 g/mol. The Balaban J connectivity index is 1.77. The third-order valence-electron chi connectivity index (χ3n) is 4.90. The van der Waals surface area contributed by atoms with Crippen LogP contribution in [0.25, 0.3) is 0 Å². The highest BCUT2D eigenvalue weighted by Gasteiger charge is 2.27. The van der Waals surface area contributed by atoms with Crippen molar-refractivity contribution in [2.75, 3.05) is 45.5 Å². The molecule has 24 heavy (non-hydrogen) atoms. The second-order valence-electron chi connectivity index (χ2n) is 6.58. The van der Waals surface area contributed by atoms with Crippen LogP contribution in [0.1, 0.15) is 34.7 Å². The molecule has 6 nitrogen and oxygen atoms in total. The van der Waals surface area contributed by atoms with E-state index < -0.39 is 10.0 Å². The number of benzene rings is 1. The highest BCUT2D eigenvalue weighted by atomic mass is 32.2. The van der Waals surface area contributed by atoms with Gasteiger partial charge in [-0.05, 0) is 36.9 Å². The van der Waals surface area contributed by atoms with Gasteiger partial charge < -0.3 is 10.2 Å². The summed E-state index contributed by atoms with van der Waals surface area (Å²) in [5, 5.41) is 3.35. The lowest BCUT2D eigenvalue weighted by Gasteiger charge is -2.23. The molecule has 2 heterocycles. The lowest BCUT2D eigenvalue weighted by molar-refractivity contribution is 0.0762. The smallest absolute Gasteiger partial charge is 0.254 e. The predicted molar refractivity (Wildman–Crippen MR) is 93.6 cm³/mol. The monoisotopic (exact) mass is 351 g/mol. The van der Waals surface area contributed by atoms with Gasteiger partial charge in [0.2, 0.25) is 10.0 Å². The quantitative estimate of drug-likeness (QED) is 0.877. The molecular formula is C17H25N3O3S. The normalized spacial score (nSPS) is 23.2. The van der Waals surface area contributed by atoms with Crippen LogP contribution in [0.15, 0.2) is 24.3 Å². The minimum atomic E-state index is -3.20. The summed E-state index contributed by atoms with van der Waals surface area (Å²) in [7, 11) is -3.20. The SMILES string of the molecule is CS(=O)(=O)N1CCCN(C(=O)c2ccccc2[C@@H]2CCNC2)CC1. The van der Waals surface area contributed by atoms with E-state index in [1.54, 1.807) is 4.90 Å². The van der Waals surface area contributed by atoms with Crippen molar-refractivity contribution in [2.45, 2.75) is 18.8 Å². The molecule has 2 aliphatic rings. The lowest BCUT2D eigenvalue weighted by atomic mass is 9.93. The van der Waals surface area contributed by atoms with Gasteiger partial charge in [-0.2, -0.15) is 0 Å². The van der Waals surface area contributed by atoms with Gasteiger partial charge in [0.25, 0.3) is 5.91 Å². The molecule has 1 amide bonds. The Hall–Kier alpha value is -1.44. The summed E-state index contributed by atoms with van der Waals surface area (Å²) in [4.78, 5) is 14.8. The Bertz CT molecular complexity index is 699. The van der Waals surface area contributed by atoms with E-state index in [1.165, 1.54) is 10.6 Å². The van der Waals surface area contributed by atoms with Gasteiger partial charge in [-0.1, -0.05) is 18.2 Å². The summed E-state index contributed by atoms with van der Waals surface area (Å²) in [6.45, 7) is 3.80. The zero-order valence-electron chi connectivity index (χ0n) is 14.1. The van der Waals surface area contributed by atoms with Crippen LogP contribution in [0.2, 0.25) is 0 Å². The summed E-state index contributed by atoms with van der Waals surface area (Å²) in [6.07, 6.45) is 2.95. The number of carbonyl (C=O) groups is 1. The van der Waals surface area contributed by atoms with Gasteiger partial charge >= 0.3 is 0 Å². The van der Waals surface area contributed by atoms with E-state index in [-0.39, 0.29) is 5.91 Å². The molecule has 2 saturated heterocycles. The lowest BCUT2D eigenvalue weighted by Crippen LogP contribution is -2.37. The first-order valence-electron chi connectivity index (χ1n) is 8.51. The highest BCUT2D eigenvalue weighted by molar-refractivity contribution is 7.88. The molecule has 0 aliphatic carbocycles. The van der Waals surface area contributed by atoms with Crippen molar-refractivity contribution in [2.24, 2.45) is 0 Å². The summed E-state index contributed by atoms with van der Waals surface area (Å²) in [5.41, 5.74) is 1.87. The van der Waals surface area contributed by atoms with Crippen molar-refractivity contribution < 1.29 is 13.2 Å². The summed E-state index contributed by atoms with van der Waals surface area (Å²) >= 11 is 0. The second-order valence-corrected chi connectivity index (χ2v) is 8.57. The van der Waals surface area contributed by atoms with Crippen LogP contribution in [-0.4, -0.2) is 69.1 Å². The molecule has 0 saturated carbocycles. The van der Waals surface area contributed by atoms with Gasteiger partial charge in [0.05, 0.1) is 6.26 Å². The number of amides is 1. The Morgan fingerprint density at radius 2 is 1.96 bits per heavy atom. The standard InChI is InChI=1S/C17H25N3O3S/c1-24(22,23)20-10-4-9-19(11-12-20)17(21)16-6-3-2-5-15(16)14-7-8-18-13-14/h2-3,5-6,14,18H,4,7-13H2,1H3/t14-/m1/s1. The molecule has 132 valence electrons. The van der Waals surface area contributed by atoms with Crippen LogP contribution in [0, 0.1) is 0 Å². The number of hydrogen-bond acceptors (Lipinski definition) is 4. The fourth-order valence-electron chi connectivity index (χ4n) is 3.57. The topological polar surface area (TPSA) is 69.7 Å². The van der Waals surface area contributed by atoms with Crippen molar-refractivity contribution in [3.63, 3.8) is 0 Å². The summed E-state index contributed by atoms with van der Waals surface area (Å²) in [6, 6.07) is 7.83. The molecule has 1 aromatic rings. The third kappa shape index (κ3) is 3.79. The largest absolute Gasteiger partial charge is 0.337 e. The Morgan fingerprint density at radius 1 is 1.17 bits per heavy atom. The Kier molecular flexibility index (Phi) is 5.22. The second kappa shape index (κ2) is 7.21. The van der Waals surface area contributed by atoms with Gasteiger partial charge in [-0.15, -0.1) is 0 Å². The van der Waals surface area contributed by atoms with Crippen LogP contribution in [0.3, 0.4) is 0 Å². The first kappa shape index (κ1) is 17.4. The van der Waals surface area contributed by atoms with Gasteiger partial charge in [-0.25, -0.2) is 12.7 Å². The zero-order valence-corrected chi connectivity index (χ0v) is 14.9. The molecule has 7 heteroatoms. The molecule has 1 aromatic carbocycles. The van der Waals surface area contributed by atoms with Crippen LogP contribution >= 0.6 is 0 Å². The van der Waals surface area contributed by atoms with Crippen molar-refractivity contribution in [3.05, 3.63) is 35.4 Å². The number of hydrogen-bond donors (Lipinski definition) is 1. The maximum Gasteiger partial charge on any atom is 0.254 e. The minimum absolute atomic E-state index is 0.0212. The summed E-state index contributed by atoms with van der Waals surface area (Å²) in [5.74, 6) is 0.400. The molecule has 3 rings (SSSR count). The highest BCUT2D eigenvalue weighted by Crippen LogP contribution is 2.26. The fraction of sp³-hybridized carbons (Fsp3) is 0.588. The number of carbonyl (C=O) groups excluding carboxylic acids is 1. The summed E-state index contributed by atoms with van der Waals surface area (Å²) < 4.78 is 24.9. The molecule has 0 bridgehead atoms. The van der Waals surface area contributed by atoms with E-state index in [0.29, 0.717) is 38.5 Å². The van der Waals surface area contributed by atoms with Gasteiger partial charge in [0.15, 0.2) is 0 Å². The van der Waals surface area contributed by atoms with Crippen molar-refractivity contribution in [3.8, 4) is 0 Å². The minimum Gasteiger partial charge on any atom is -0.337 e. The number of nitrogens with zero attached hydrogens (tertiary/aromatic N) is 2. The maximum absolute atomic E-state index is 13.0. The molecule has 1 atom stereocenters. The van der Waals surface area contributed by atoms with Gasteiger partial charge in [0.1, 0.15) is 0 Å². The van der Waals surface area contributed by atoms with E-state index in [1.807, 2.05) is 24.3 Å². The Morgan fingerprint density at radius 3 is 2.67 bits per heavy atom. The first-order valence-corrected chi connectivity index (χ1v) is 10.4. The number of rotatable bonds is 3. The van der Waals surface area contributed by atoms with E-state index in [9.17, 15) is 13.2 Å². The van der Waals surface area contributed by atoms with Crippen LogP contribution in [-0.2, 0) is 10.0 Å². The molecule has 0 unspecified atom stereocenters. The van der Waals surface area contributed by atoms with Gasteiger partial charge in [0, 0.05) is 38.3 Å². The molecule has 0 spiro atoms. The average Bonchev–Trinajstić information content (AvgIpc) is 2.96. The predicted octanol–water partition coefficient (Wildman–Crippen LogP) is 0.871. The van der Waals surface area contributed by atoms with E-state index in [2.05, 4.69) is 5.32 Å². The van der Waals surface area contributed by atoms with E-state index >= 15 is 0 Å². The molecule has 0 aromatic heterocycles. The molecule has 2 aliphatic heterocycles. The van der Waals surface area contributed by atoms with Gasteiger partial charge in [-0.3, -0.25) is 4.79 Å². The van der Waals surface area contributed by atoms with Crippen molar-refractivity contribution in [1.82, 2.24) is 14.5 Å². The number of sulfonamides is 1. The Labute approximate surface area is 143 Å². The molecule has 0 radical (unpaired) electrons. The fourth-order valence-corrected chi connectivity index (χ4v) is 4.44. The molecule has 2 fully saturated rings. The first-order chi connectivity index (χ1) is 11.5. The molecular weight excluding hydrogens is 326 g/mol.